The van der Waals surface area contributed by atoms with Gasteiger partial charge in [-0.05, 0) is 0 Å². The van der Waals surface area contributed by atoms with Crippen LogP contribution in [0.2, 0.25) is 0 Å². The van der Waals surface area contributed by atoms with Gasteiger partial charge in [0, 0.05) is 0 Å². The van der Waals surface area contributed by atoms with Gasteiger partial charge in [0.15, 0.2) is 0 Å². The zero-order chi connectivity index (χ0) is 24.7. The summed E-state index contributed by atoms with van der Waals surface area (Å²) in [5.41, 5.74) is 3.81. The Morgan fingerprint density at radius 2 is 0.714 bits per heavy atom. The molecule has 0 aliphatic carbocycles. The topological polar surface area (TPSA) is 52.6 Å². The number of hydrogen-bond acceptors (Lipinski definition) is 4. The van der Waals surface area contributed by atoms with Gasteiger partial charge in [-0.1, -0.05) is 0 Å². The Morgan fingerprint density at radius 3 is 0.914 bits per heavy atom. The van der Waals surface area contributed by atoms with Gasteiger partial charge in [-0.3, -0.25) is 0 Å². The number of hydrogen-bond donors (Lipinski definition) is 0. The van der Waals surface area contributed by atoms with Crippen molar-refractivity contribution in [2.45, 2.75) is 21.7 Å². The van der Waals surface area contributed by atoms with Crippen molar-refractivity contribution in [3.05, 3.63) is 144 Å². The van der Waals surface area contributed by atoms with Crippen LogP contribution >= 0.6 is 0 Å². The van der Waals surface area contributed by atoms with E-state index in [1.165, 1.54) is 13.8 Å². The molecule has 0 N–H and O–H groups in total. The molecule has 0 fully saturated rings. The van der Waals surface area contributed by atoms with Gasteiger partial charge in [-0.15, -0.1) is 0 Å². The summed E-state index contributed by atoms with van der Waals surface area (Å²) in [4.78, 5) is 25.6. The average Bonchev–Trinajstić information content (AvgIpc) is 2.86. The predicted molar refractivity (Wildman–Crippen MR) is 139 cm³/mol. The summed E-state index contributed by atoms with van der Waals surface area (Å²) in [6, 6.07) is 39.6. The van der Waals surface area contributed by atoms with Gasteiger partial charge < -0.3 is 0 Å². The van der Waals surface area contributed by atoms with E-state index in [-0.39, 0.29) is 0 Å². The van der Waals surface area contributed by atoms with Crippen molar-refractivity contribution in [1.82, 2.24) is 0 Å². The zero-order valence-electron chi connectivity index (χ0n) is 19.8. The van der Waals surface area contributed by atoms with E-state index in [1.54, 1.807) is 0 Å². The fourth-order valence-corrected chi connectivity index (χ4v) is 17.3. The van der Waals surface area contributed by atoms with Gasteiger partial charge >= 0.3 is 212 Å². The molecule has 0 amide bonds. The first-order chi connectivity index (χ1) is 17.0. The first-order valence-electron chi connectivity index (χ1n) is 11.6. The summed E-state index contributed by atoms with van der Waals surface area (Å²) in [7, 11) is 0. The van der Waals surface area contributed by atoms with E-state index < -0.39 is 39.0 Å². The fraction of sp³-hybridized carbons (Fsp3) is 0.133. The molecular formula is C30H28O4Sn. The Kier molecular flexibility index (Phi) is 8.03. The Hall–Kier alpha value is -3.38. The van der Waals surface area contributed by atoms with Gasteiger partial charge in [-0.2, -0.15) is 0 Å². The number of carbonyl (C=O) groups excluding carboxylic acids is 2. The molecular weight excluding hydrogens is 543 g/mol. The van der Waals surface area contributed by atoms with Crippen LogP contribution in [-0.4, -0.2) is 31.1 Å². The standard InChI is InChI=1S/2C13H11.2C2H4O2.Sn/c2*1-3-7-12(8-4-1)11-13-9-5-2-6-10-13;2*1-2(3)4;/h2*1-11H;2*1H3,(H,3,4);/q;;;;+2/p-2. The number of rotatable bonds is 8. The predicted octanol–water partition coefficient (Wildman–Crippen LogP) is 6.30. The van der Waals surface area contributed by atoms with Crippen LogP contribution in [0.25, 0.3) is 0 Å². The van der Waals surface area contributed by atoms with Crippen LogP contribution in [0.15, 0.2) is 121 Å². The molecule has 0 saturated heterocycles. The van der Waals surface area contributed by atoms with Gasteiger partial charge in [0.2, 0.25) is 0 Å². The van der Waals surface area contributed by atoms with E-state index in [2.05, 4.69) is 0 Å². The quantitative estimate of drug-likeness (QED) is 0.233. The minimum absolute atomic E-state index is 0.398. The molecule has 0 atom stereocenters. The molecule has 0 bridgehead atoms. The van der Waals surface area contributed by atoms with E-state index in [1.807, 2.05) is 121 Å². The summed E-state index contributed by atoms with van der Waals surface area (Å²) in [6.07, 6.45) is 0. The zero-order valence-corrected chi connectivity index (χ0v) is 22.7. The molecule has 4 nitrogen and oxygen atoms in total. The third-order valence-electron chi connectivity index (χ3n) is 5.94. The van der Waals surface area contributed by atoms with Crippen LogP contribution in [-0.2, 0) is 15.7 Å². The monoisotopic (exact) mass is 572 g/mol. The van der Waals surface area contributed by atoms with Crippen molar-refractivity contribution >= 4 is 31.1 Å². The summed E-state index contributed by atoms with van der Waals surface area (Å²) in [5.74, 6) is -0.897. The third kappa shape index (κ3) is 5.65. The van der Waals surface area contributed by atoms with Crippen LogP contribution in [0.1, 0.15) is 44.0 Å². The Balaban J connectivity index is 2.10. The molecule has 4 aromatic rings. The first kappa shape index (κ1) is 24.7. The number of benzene rings is 4. The second-order valence-corrected chi connectivity index (χ2v) is 17.0. The Morgan fingerprint density at radius 1 is 0.486 bits per heavy atom. The molecule has 0 saturated carbocycles. The third-order valence-corrected chi connectivity index (χ3v) is 17.8. The second kappa shape index (κ2) is 11.4. The Bertz CT molecular complexity index is 1060. The van der Waals surface area contributed by atoms with Crippen LogP contribution in [0.4, 0.5) is 0 Å². The molecule has 0 unspecified atom stereocenters. The molecule has 4 rings (SSSR count). The minimum atomic E-state index is -4.94. The molecule has 0 aliphatic heterocycles. The molecule has 4 aromatic carbocycles. The van der Waals surface area contributed by atoms with E-state index >= 15 is 0 Å². The van der Waals surface area contributed by atoms with Crippen molar-refractivity contribution < 1.29 is 15.7 Å². The van der Waals surface area contributed by atoms with E-state index in [4.69, 9.17) is 6.15 Å². The molecule has 0 heterocycles. The molecule has 0 aromatic heterocycles. The van der Waals surface area contributed by atoms with Crippen molar-refractivity contribution in [3.63, 3.8) is 0 Å². The van der Waals surface area contributed by atoms with Crippen molar-refractivity contribution in [3.8, 4) is 0 Å². The average molecular weight is 571 g/mol. The van der Waals surface area contributed by atoms with Gasteiger partial charge in [0.05, 0.1) is 0 Å². The summed E-state index contributed by atoms with van der Waals surface area (Å²) in [6.45, 7) is 2.80. The van der Waals surface area contributed by atoms with Crippen LogP contribution in [0.3, 0.4) is 0 Å². The second-order valence-electron chi connectivity index (χ2n) is 8.42. The molecule has 0 spiro atoms. The summed E-state index contributed by atoms with van der Waals surface area (Å²) < 4.78 is 12.0. The molecule has 5 heteroatoms. The van der Waals surface area contributed by atoms with Gasteiger partial charge in [0.25, 0.3) is 0 Å². The summed E-state index contributed by atoms with van der Waals surface area (Å²) in [5, 5.41) is 0. The first-order valence-corrected chi connectivity index (χ1v) is 17.2. The summed E-state index contributed by atoms with van der Waals surface area (Å²) >= 11 is -4.94. The number of carbonyl (C=O) groups is 2. The maximum absolute atomic E-state index is 12.8. The molecule has 35 heavy (non-hydrogen) atoms. The van der Waals surface area contributed by atoms with Gasteiger partial charge in [0.1, 0.15) is 0 Å². The van der Waals surface area contributed by atoms with E-state index in [9.17, 15) is 9.59 Å². The van der Waals surface area contributed by atoms with Crippen molar-refractivity contribution in [1.29, 1.82) is 0 Å². The van der Waals surface area contributed by atoms with Crippen molar-refractivity contribution in [2.75, 3.05) is 0 Å². The molecule has 0 aliphatic rings. The fourth-order valence-electron chi connectivity index (χ4n) is 4.77. The van der Waals surface area contributed by atoms with Crippen LogP contribution in [0.5, 0.6) is 0 Å². The van der Waals surface area contributed by atoms with E-state index in [0.717, 1.165) is 22.3 Å². The van der Waals surface area contributed by atoms with Crippen molar-refractivity contribution in [2.24, 2.45) is 0 Å². The Labute approximate surface area is 211 Å². The molecule has 0 radical (unpaired) electrons. The van der Waals surface area contributed by atoms with E-state index in [0.29, 0.717) is 0 Å². The SMILES string of the molecule is CC(=O)[O][Sn]([O]C(C)=O)([CH](c1ccccc1)c1ccccc1)[CH](c1ccccc1)c1ccccc1. The van der Waals surface area contributed by atoms with Gasteiger partial charge in [-0.25, -0.2) is 0 Å². The maximum atomic E-state index is 12.8. The molecule has 176 valence electrons. The van der Waals surface area contributed by atoms with Crippen LogP contribution < -0.4 is 0 Å². The van der Waals surface area contributed by atoms with Crippen LogP contribution in [0, 0.1) is 0 Å². The normalized spacial score (nSPS) is 11.3.